The maximum Gasteiger partial charge on any atom is 0.271 e. The van der Waals surface area contributed by atoms with Crippen molar-refractivity contribution in [2.45, 2.75) is 82.6 Å². The molecule has 0 spiro atoms. The average Bonchev–Trinajstić information content (AvgIpc) is 3.66. The molecule has 1 atom stereocenters. The van der Waals surface area contributed by atoms with Crippen LogP contribution >= 0.6 is 0 Å². The number of hydrogen-bond donors (Lipinski definition) is 2. The van der Waals surface area contributed by atoms with Crippen molar-refractivity contribution in [3.8, 4) is 0 Å². The highest BCUT2D eigenvalue weighted by atomic mass is 16.1. The maximum absolute atomic E-state index is 12.8. The lowest BCUT2D eigenvalue weighted by Crippen LogP contribution is -2.37. The topological polar surface area (TPSA) is 104 Å². The summed E-state index contributed by atoms with van der Waals surface area (Å²) in [5, 5.41) is 3.31. The number of amides is 1. The van der Waals surface area contributed by atoms with E-state index in [1.54, 1.807) is 6.20 Å². The molecule has 8 heteroatoms. The zero-order valence-corrected chi connectivity index (χ0v) is 23.0. The SMILES string of the molecule is NC(=O)c1ncc(N2CCC[C@@H](CC(=O)C3CCCC3)C2)nc1Nc1ccc(C2CCN(C3CC3)CC2)cc1. The number of piperidine rings is 2. The number of hydrogen-bond acceptors (Lipinski definition) is 7. The molecule has 1 aromatic carbocycles. The van der Waals surface area contributed by atoms with Gasteiger partial charge in [-0.3, -0.25) is 9.59 Å². The van der Waals surface area contributed by atoms with Crippen molar-refractivity contribution < 1.29 is 9.59 Å². The molecule has 8 nitrogen and oxygen atoms in total. The molecular weight excluding hydrogens is 488 g/mol. The van der Waals surface area contributed by atoms with E-state index in [4.69, 9.17) is 10.7 Å². The lowest BCUT2D eigenvalue weighted by atomic mass is 9.88. The number of anilines is 3. The van der Waals surface area contributed by atoms with Crippen LogP contribution in [0.15, 0.2) is 30.5 Å². The van der Waals surface area contributed by atoms with Crippen LogP contribution in [0.2, 0.25) is 0 Å². The number of carbonyl (C=O) groups excluding carboxylic acids is 2. The van der Waals surface area contributed by atoms with E-state index in [0.29, 0.717) is 29.9 Å². The van der Waals surface area contributed by atoms with Gasteiger partial charge in [-0.2, -0.15) is 0 Å². The van der Waals surface area contributed by atoms with Gasteiger partial charge in [-0.1, -0.05) is 25.0 Å². The molecule has 2 saturated heterocycles. The molecule has 6 rings (SSSR count). The van der Waals surface area contributed by atoms with E-state index < -0.39 is 5.91 Å². The monoisotopic (exact) mass is 530 g/mol. The van der Waals surface area contributed by atoms with E-state index in [-0.39, 0.29) is 11.6 Å². The second-order valence-corrected chi connectivity index (χ2v) is 12.2. The van der Waals surface area contributed by atoms with Crippen molar-refractivity contribution in [2.75, 3.05) is 36.4 Å². The van der Waals surface area contributed by atoms with Crippen LogP contribution in [-0.2, 0) is 4.79 Å². The Morgan fingerprint density at radius 1 is 0.923 bits per heavy atom. The van der Waals surface area contributed by atoms with E-state index in [9.17, 15) is 9.59 Å². The molecule has 3 heterocycles. The molecule has 2 aliphatic heterocycles. The van der Waals surface area contributed by atoms with Gasteiger partial charge in [-0.05, 0) is 94.0 Å². The van der Waals surface area contributed by atoms with Gasteiger partial charge in [-0.25, -0.2) is 9.97 Å². The maximum atomic E-state index is 12.8. The Morgan fingerprint density at radius 2 is 1.67 bits per heavy atom. The van der Waals surface area contributed by atoms with Crippen LogP contribution in [0, 0.1) is 11.8 Å². The molecule has 208 valence electrons. The van der Waals surface area contributed by atoms with Crippen LogP contribution in [-0.4, -0.2) is 58.8 Å². The van der Waals surface area contributed by atoms with Gasteiger partial charge in [0.1, 0.15) is 11.6 Å². The summed E-state index contributed by atoms with van der Waals surface area (Å²) in [5.41, 5.74) is 8.03. The fourth-order valence-corrected chi connectivity index (χ4v) is 6.95. The molecule has 1 amide bonds. The zero-order chi connectivity index (χ0) is 26.8. The molecule has 3 N–H and O–H groups in total. The molecule has 2 aliphatic carbocycles. The highest BCUT2D eigenvalue weighted by molar-refractivity contribution is 5.96. The van der Waals surface area contributed by atoms with Crippen molar-refractivity contribution in [3.05, 3.63) is 41.7 Å². The minimum absolute atomic E-state index is 0.139. The van der Waals surface area contributed by atoms with Crippen molar-refractivity contribution in [3.63, 3.8) is 0 Å². The first kappa shape index (κ1) is 26.2. The smallest absolute Gasteiger partial charge is 0.271 e. The Kier molecular flexibility index (Phi) is 7.82. The van der Waals surface area contributed by atoms with Gasteiger partial charge in [-0.15, -0.1) is 0 Å². The summed E-state index contributed by atoms with van der Waals surface area (Å²) in [6.07, 6.45) is 14.1. The quantitative estimate of drug-likeness (QED) is 0.469. The summed E-state index contributed by atoms with van der Waals surface area (Å²) >= 11 is 0. The fourth-order valence-electron chi connectivity index (χ4n) is 6.95. The summed E-state index contributed by atoms with van der Waals surface area (Å²) in [4.78, 5) is 39.0. The molecule has 0 radical (unpaired) electrons. The Morgan fingerprint density at radius 3 is 2.36 bits per heavy atom. The van der Waals surface area contributed by atoms with Gasteiger partial charge in [0.05, 0.1) is 6.20 Å². The number of nitrogens with two attached hydrogens (primary N) is 1. The second-order valence-electron chi connectivity index (χ2n) is 12.2. The van der Waals surface area contributed by atoms with Crippen LogP contribution < -0.4 is 16.0 Å². The number of likely N-dealkylation sites (tertiary alicyclic amines) is 1. The Bertz CT molecular complexity index is 1170. The number of Topliss-reactive ketones (excluding diaryl/α,β-unsaturated/α-hetero) is 1. The van der Waals surface area contributed by atoms with Crippen LogP contribution in [0.25, 0.3) is 0 Å². The molecule has 4 aliphatic rings. The van der Waals surface area contributed by atoms with Gasteiger partial charge in [0.15, 0.2) is 11.5 Å². The normalized spacial score (nSPS) is 23.2. The highest BCUT2D eigenvalue weighted by Crippen LogP contribution is 2.35. The predicted octanol–water partition coefficient (Wildman–Crippen LogP) is 5.03. The fraction of sp³-hybridized carbons (Fsp3) is 0.613. The number of carbonyl (C=O) groups is 2. The lowest BCUT2D eigenvalue weighted by Gasteiger charge is -2.33. The predicted molar refractivity (Wildman–Crippen MR) is 153 cm³/mol. The third kappa shape index (κ3) is 6.26. The number of aromatic nitrogens is 2. The minimum atomic E-state index is -0.603. The third-order valence-electron chi connectivity index (χ3n) is 9.37. The van der Waals surface area contributed by atoms with Crippen LogP contribution in [0.1, 0.15) is 92.6 Å². The number of primary amides is 1. The first-order valence-electron chi connectivity index (χ1n) is 15.1. The van der Waals surface area contributed by atoms with Crippen molar-refractivity contribution in [1.82, 2.24) is 14.9 Å². The minimum Gasteiger partial charge on any atom is -0.364 e. The number of ketones is 1. The van der Waals surface area contributed by atoms with Gasteiger partial charge in [0, 0.05) is 37.2 Å². The summed E-state index contributed by atoms with van der Waals surface area (Å²) in [6.45, 7) is 4.06. The lowest BCUT2D eigenvalue weighted by molar-refractivity contribution is -0.123. The number of nitrogens with one attached hydrogen (secondary N) is 1. The number of nitrogens with zero attached hydrogens (tertiary/aromatic N) is 4. The van der Waals surface area contributed by atoms with E-state index in [1.807, 2.05) is 0 Å². The van der Waals surface area contributed by atoms with E-state index in [0.717, 1.165) is 56.3 Å². The Balaban J connectivity index is 1.11. The van der Waals surface area contributed by atoms with Gasteiger partial charge < -0.3 is 20.9 Å². The third-order valence-corrected chi connectivity index (χ3v) is 9.37. The largest absolute Gasteiger partial charge is 0.364 e. The van der Waals surface area contributed by atoms with Gasteiger partial charge in [0.2, 0.25) is 0 Å². The van der Waals surface area contributed by atoms with Crippen LogP contribution in [0.4, 0.5) is 17.3 Å². The van der Waals surface area contributed by atoms with E-state index >= 15 is 0 Å². The first-order valence-corrected chi connectivity index (χ1v) is 15.1. The summed E-state index contributed by atoms with van der Waals surface area (Å²) in [6, 6.07) is 9.36. The van der Waals surface area contributed by atoms with Gasteiger partial charge in [0.25, 0.3) is 5.91 Å². The van der Waals surface area contributed by atoms with Crippen molar-refractivity contribution >= 4 is 29.0 Å². The van der Waals surface area contributed by atoms with Crippen LogP contribution in [0.5, 0.6) is 0 Å². The van der Waals surface area contributed by atoms with Crippen molar-refractivity contribution in [2.24, 2.45) is 17.6 Å². The molecule has 1 aromatic heterocycles. The summed E-state index contributed by atoms with van der Waals surface area (Å²) in [5.74, 6) is 2.15. The molecule has 0 unspecified atom stereocenters. The molecule has 0 bridgehead atoms. The summed E-state index contributed by atoms with van der Waals surface area (Å²) in [7, 11) is 0. The van der Waals surface area contributed by atoms with Crippen molar-refractivity contribution in [1.29, 1.82) is 0 Å². The molecule has 2 aromatic rings. The second kappa shape index (κ2) is 11.6. The standard InChI is InChI=1S/C31H42N6O2/c32-30(39)29-31(34-25-9-7-22(8-10-25)23-13-16-36(17-14-23)26-11-12-26)35-28(19-33-29)37-15-3-4-21(20-37)18-27(38)24-5-1-2-6-24/h7-10,19,21,23-24,26H,1-6,11-18,20H2,(H2,32,39)(H,34,35)/t21-/m0/s1. The van der Waals surface area contributed by atoms with E-state index in [2.05, 4.69) is 44.4 Å². The number of benzene rings is 1. The first-order chi connectivity index (χ1) is 19.0. The summed E-state index contributed by atoms with van der Waals surface area (Å²) < 4.78 is 0. The van der Waals surface area contributed by atoms with E-state index in [1.165, 1.54) is 57.2 Å². The molecule has 4 fully saturated rings. The molecule has 2 saturated carbocycles. The molecular formula is C31H42N6O2. The average molecular weight is 531 g/mol. The van der Waals surface area contributed by atoms with Crippen LogP contribution in [0.3, 0.4) is 0 Å². The van der Waals surface area contributed by atoms with Gasteiger partial charge >= 0.3 is 0 Å². The Labute approximate surface area is 231 Å². The highest BCUT2D eigenvalue weighted by Gasteiger charge is 2.32. The Hall–Kier alpha value is -3.00. The molecule has 39 heavy (non-hydrogen) atoms. The number of rotatable bonds is 9. The zero-order valence-electron chi connectivity index (χ0n) is 23.0.